The molecule has 0 saturated carbocycles. The van der Waals surface area contributed by atoms with Crippen LogP contribution in [0.5, 0.6) is 0 Å². The second-order valence-corrected chi connectivity index (χ2v) is 8.64. The van der Waals surface area contributed by atoms with Crippen molar-refractivity contribution >= 4 is 15.7 Å². The Balaban J connectivity index is 1.66. The van der Waals surface area contributed by atoms with Gasteiger partial charge in [-0.1, -0.05) is 24.3 Å². The highest BCUT2D eigenvalue weighted by Gasteiger charge is 2.35. The number of piperazine rings is 1. The molecule has 1 aliphatic carbocycles. The molecule has 1 fully saturated rings. The molecule has 0 amide bonds. The number of nitro groups is 1. The highest BCUT2D eigenvalue weighted by Crippen LogP contribution is 2.26. The van der Waals surface area contributed by atoms with Gasteiger partial charge >= 0.3 is 0 Å². The standard InChI is InChI=1S/C17H23N3O4S/c21-20(22)16-8-4-5-9-17(16)25(23,24)19-12-10-18(11-13-19)14-15-6-2-1-3-7-15/h1-2,4-5,8-9,15H,3,6-7,10-14H2/p+1/t15-/m0/s1. The molecule has 0 aromatic heterocycles. The molecule has 25 heavy (non-hydrogen) atoms. The van der Waals surface area contributed by atoms with E-state index >= 15 is 0 Å². The van der Waals surface area contributed by atoms with Gasteiger partial charge in [0.2, 0.25) is 10.0 Å². The summed E-state index contributed by atoms with van der Waals surface area (Å²) < 4.78 is 27.0. The van der Waals surface area contributed by atoms with Crippen molar-refractivity contribution in [2.24, 2.45) is 5.92 Å². The van der Waals surface area contributed by atoms with Crippen LogP contribution in [0.2, 0.25) is 0 Å². The number of quaternary nitrogens is 1. The number of para-hydroxylation sites is 1. The minimum atomic E-state index is -3.83. The molecule has 0 spiro atoms. The summed E-state index contributed by atoms with van der Waals surface area (Å²) in [7, 11) is -3.83. The lowest BCUT2D eigenvalue weighted by Gasteiger charge is -2.33. The molecule has 8 heteroatoms. The Morgan fingerprint density at radius 1 is 1.20 bits per heavy atom. The zero-order valence-electron chi connectivity index (χ0n) is 14.1. The molecule has 1 heterocycles. The second kappa shape index (κ2) is 7.63. The third kappa shape index (κ3) is 4.08. The van der Waals surface area contributed by atoms with Crippen LogP contribution in [0.1, 0.15) is 19.3 Å². The van der Waals surface area contributed by atoms with Crippen LogP contribution in [0.4, 0.5) is 5.69 Å². The topological polar surface area (TPSA) is 85.0 Å². The maximum absolute atomic E-state index is 12.8. The quantitative estimate of drug-likeness (QED) is 0.475. The zero-order chi connectivity index (χ0) is 17.9. The van der Waals surface area contributed by atoms with Crippen molar-refractivity contribution in [1.82, 2.24) is 4.31 Å². The third-order valence-electron chi connectivity index (χ3n) is 5.06. The Kier molecular flexibility index (Phi) is 5.51. The number of nitrogens with zero attached hydrogens (tertiary/aromatic N) is 2. The number of rotatable bonds is 5. The molecule has 1 atom stereocenters. The Labute approximate surface area is 148 Å². The zero-order valence-corrected chi connectivity index (χ0v) is 15.0. The van der Waals surface area contributed by atoms with Crippen LogP contribution < -0.4 is 4.90 Å². The summed E-state index contributed by atoms with van der Waals surface area (Å²) >= 11 is 0. The van der Waals surface area contributed by atoms with E-state index in [-0.39, 0.29) is 10.6 Å². The maximum atomic E-state index is 12.8. The van der Waals surface area contributed by atoms with E-state index in [0.29, 0.717) is 19.0 Å². The summed E-state index contributed by atoms with van der Waals surface area (Å²) in [6.07, 6.45) is 7.92. The molecule has 0 bridgehead atoms. The normalized spacial score (nSPS) is 22.8. The summed E-state index contributed by atoms with van der Waals surface area (Å²) in [5.41, 5.74) is -0.355. The van der Waals surface area contributed by atoms with Gasteiger partial charge in [0.25, 0.3) is 5.69 Å². The van der Waals surface area contributed by atoms with E-state index < -0.39 is 14.9 Å². The molecule has 1 saturated heterocycles. The smallest absolute Gasteiger partial charge is 0.289 e. The van der Waals surface area contributed by atoms with Gasteiger partial charge in [-0.25, -0.2) is 8.42 Å². The van der Waals surface area contributed by atoms with Gasteiger partial charge in [0.15, 0.2) is 4.90 Å². The maximum Gasteiger partial charge on any atom is 0.289 e. The van der Waals surface area contributed by atoms with Gasteiger partial charge in [0.1, 0.15) is 0 Å². The van der Waals surface area contributed by atoms with E-state index in [1.165, 1.54) is 39.9 Å². The van der Waals surface area contributed by atoms with E-state index in [9.17, 15) is 18.5 Å². The van der Waals surface area contributed by atoms with E-state index in [1.54, 1.807) is 0 Å². The van der Waals surface area contributed by atoms with Crippen molar-refractivity contribution in [3.05, 3.63) is 46.5 Å². The van der Waals surface area contributed by atoms with Gasteiger partial charge in [0.05, 0.1) is 37.6 Å². The van der Waals surface area contributed by atoms with Crippen molar-refractivity contribution in [3.63, 3.8) is 0 Å². The van der Waals surface area contributed by atoms with Crippen LogP contribution >= 0.6 is 0 Å². The van der Waals surface area contributed by atoms with Crippen molar-refractivity contribution in [1.29, 1.82) is 0 Å². The van der Waals surface area contributed by atoms with E-state index in [2.05, 4.69) is 12.2 Å². The molecule has 1 aromatic carbocycles. The van der Waals surface area contributed by atoms with Gasteiger partial charge in [-0.15, -0.1) is 0 Å². The average Bonchev–Trinajstić information content (AvgIpc) is 2.63. The fourth-order valence-corrected chi connectivity index (χ4v) is 5.26. The number of allylic oxidation sites excluding steroid dienone is 2. The average molecular weight is 366 g/mol. The molecule has 1 aromatic rings. The molecule has 3 rings (SSSR count). The minimum Gasteiger partial charge on any atom is -0.333 e. The molecule has 136 valence electrons. The largest absolute Gasteiger partial charge is 0.333 e. The van der Waals surface area contributed by atoms with Crippen LogP contribution in [0.15, 0.2) is 41.3 Å². The summed E-state index contributed by atoms with van der Waals surface area (Å²) in [5.74, 6) is 0.679. The van der Waals surface area contributed by atoms with Crippen molar-refractivity contribution in [3.8, 4) is 0 Å². The fourth-order valence-electron chi connectivity index (χ4n) is 3.66. The van der Waals surface area contributed by atoms with Crippen LogP contribution in [-0.4, -0.2) is 50.4 Å². The summed E-state index contributed by atoms with van der Waals surface area (Å²) in [6.45, 7) is 3.39. The Hall–Kier alpha value is -1.77. The van der Waals surface area contributed by atoms with Crippen LogP contribution in [0.25, 0.3) is 0 Å². The van der Waals surface area contributed by atoms with E-state index in [4.69, 9.17) is 0 Å². The number of sulfonamides is 1. The summed E-state index contributed by atoms with van der Waals surface area (Å²) in [6, 6.07) is 5.57. The number of benzene rings is 1. The van der Waals surface area contributed by atoms with Crippen molar-refractivity contribution < 1.29 is 18.2 Å². The monoisotopic (exact) mass is 366 g/mol. The number of hydrogen-bond donors (Lipinski definition) is 1. The van der Waals surface area contributed by atoms with Crippen molar-refractivity contribution in [2.75, 3.05) is 32.7 Å². The SMILES string of the molecule is O=[N+]([O-])c1ccccc1S(=O)(=O)N1CC[NH+](C[C@H]2CC=CCC2)CC1. The summed E-state index contributed by atoms with van der Waals surface area (Å²) in [4.78, 5) is 11.7. The number of nitrogens with one attached hydrogen (secondary N) is 1. The van der Waals surface area contributed by atoms with E-state index in [0.717, 1.165) is 32.5 Å². The van der Waals surface area contributed by atoms with Gasteiger partial charge in [-0.05, 0) is 25.3 Å². The van der Waals surface area contributed by atoms with Gasteiger partial charge < -0.3 is 4.90 Å². The molecule has 2 aliphatic rings. The minimum absolute atomic E-state index is 0.208. The highest BCUT2D eigenvalue weighted by molar-refractivity contribution is 7.89. The summed E-state index contributed by atoms with van der Waals surface area (Å²) in [5, 5.41) is 11.1. The molecule has 7 nitrogen and oxygen atoms in total. The highest BCUT2D eigenvalue weighted by atomic mass is 32.2. The van der Waals surface area contributed by atoms with Crippen LogP contribution in [-0.2, 0) is 10.0 Å². The first-order valence-corrected chi connectivity index (χ1v) is 10.1. The third-order valence-corrected chi connectivity index (χ3v) is 7.01. The first kappa shape index (κ1) is 18.0. The first-order valence-electron chi connectivity index (χ1n) is 8.70. The predicted octanol–water partition coefficient (Wildman–Crippen LogP) is 0.840. The Morgan fingerprint density at radius 3 is 2.56 bits per heavy atom. The predicted molar refractivity (Wildman–Crippen MR) is 93.9 cm³/mol. The van der Waals surface area contributed by atoms with Crippen molar-refractivity contribution in [2.45, 2.75) is 24.2 Å². The number of hydrogen-bond acceptors (Lipinski definition) is 4. The lowest BCUT2D eigenvalue weighted by molar-refractivity contribution is -0.907. The fraction of sp³-hybridized carbons (Fsp3) is 0.529. The van der Waals surface area contributed by atoms with Crippen LogP contribution in [0, 0.1) is 16.0 Å². The molecule has 0 radical (unpaired) electrons. The number of nitro benzene ring substituents is 1. The van der Waals surface area contributed by atoms with Gasteiger partial charge in [-0.2, -0.15) is 4.31 Å². The van der Waals surface area contributed by atoms with Gasteiger partial charge in [0, 0.05) is 12.0 Å². The van der Waals surface area contributed by atoms with E-state index in [1.807, 2.05) is 0 Å². The first-order chi connectivity index (χ1) is 12.0. The molecular formula is C17H24N3O4S+. The molecular weight excluding hydrogens is 342 g/mol. The lowest BCUT2D eigenvalue weighted by atomic mass is 9.94. The Morgan fingerprint density at radius 2 is 1.92 bits per heavy atom. The molecule has 1 N–H and O–H groups in total. The van der Waals surface area contributed by atoms with Gasteiger partial charge in [-0.3, -0.25) is 10.1 Å². The lowest BCUT2D eigenvalue weighted by Crippen LogP contribution is -3.15. The second-order valence-electron chi connectivity index (χ2n) is 6.73. The Bertz CT molecular complexity index is 755. The van der Waals surface area contributed by atoms with Crippen LogP contribution in [0.3, 0.4) is 0 Å². The molecule has 1 aliphatic heterocycles. The molecule has 0 unspecified atom stereocenters.